The first-order chi connectivity index (χ1) is 14.9. The van der Waals surface area contributed by atoms with Gasteiger partial charge in [0.2, 0.25) is 0 Å². The molecule has 0 radical (unpaired) electrons. The molecule has 1 saturated carbocycles. The van der Waals surface area contributed by atoms with Crippen molar-refractivity contribution in [3.63, 3.8) is 0 Å². The van der Waals surface area contributed by atoms with Crippen molar-refractivity contribution in [3.05, 3.63) is 48.5 Å². The molecule has 1 aliphatic carbocycles. The van der Waals surface area contributed by atoms with Crippen molar-refractivity contribution in [2.24, 2.45) is 11.3 Å². The van der Waals surface area contributed by atoms with Crippen LogP contribution < -0.4 is 9.47 Å². The topological polar surface area (TPSA) is 52.6 Å². The third kappa shape index (κ3) is 6.95. The first kappa shape index (κ1) is 23.1. The van der Waals surface area contributed by atoms with Crippen molar-refractivity contribution in [2.75, 3.05) is 0 Å². The van der Waals surface area contributed by atoms with Gasteiger partial charge in [0, 0.05) is 6.42 Å². The summed E-state index contributed by atoms with van der Waals surface area (Å²) < 4.78 is 10.9. The van der Waals surface area contributed by atoms with Crippen LogP contribution in [0.5, 0.6) is 11.5 Å². The van der Waals surface area contributed by atoms with Crippen LogP contribution in [0.2, 0.25) is 0 Å². The van der Waals surface area contributed by atoms with Gasteiger partial charge in [0.05, 0.1) is 5.92 Å². The number of carbonyl (C=O) groups is 2. The van der Waals surface area contributed by atoms with Gasteiger partial charge in [-0.3, -0.25) is 9.59 Å². The number of carbonyl (C=O) groups excluding carboxylic acids is 2. The maximum atomic E-state index is 12.1. The summed E-state index contributed by atoms with van der Waals surface area (Å²) in [5.41, 5.74) is 2.09. The molecule has 166 valence electrons. The summed E-state index contributed by atoms with van der Waals surface area (Å²) in [6.45, 7) is 6.36. The maximum Gasteiger partial charge on any atom is 0.314 e. The minimum absolute atomic E-state index is 0.00323. The van der Waals surface area contributed by atoms with Crippen LogP contribution in [0.1, 0.15) is 72.1 Å². The molecule has 0 aromatic heterocycles. The summed E-state index contributed by atoms with van der Waals surface area (Å²) in [5.74, 6) is 0.815. The molecule has 1 fully saturated rings. The molecular formula is C27H34O4. The highest BCUT2D eigenvalue weighted by Gasteiger charge is 2.51. The minimum atomic E-state index is -0.173. The standard InChI is InChI=1S/C27H34O4/c1-4-5-6-7-8-9-10-25(28)30-22-15-11-20(12-16-22)21-13-17-23(18-14-21)31-26(29)24-19-27(24,2)3/h11-18,24H,4-10,19H2,1-3H3/t24-/m1/s1. The lowest BCUT2D eigenvalue weighted by Crippen LogP contribution is -2.13. The van der Waals surface area contributed by atoms with Gasteiger partial charge >= 0.3 is 11.9 Å². The molecule has 0 N–H and O–H groups in total. The van der Waals surface area contributed by atoms with E-state index >= 15 is 0 Å². The average Bonchev–Trinajstić information content (AvgIpc) is 3.40. The van der Waals surface area contributed by atoms with Crippen LogP contribution in [0.15, 0.2) is 48.5 Å². The lowest BCUT2D eigenvalue weighted by molar-refractivity contribution is -0.136. The second-order valence-electron chi connectivity index (χ2n) is 9.21. The molecule has 1 aliphatic rings. The SMILES string of the molecule is CCCCCCCCC(=O)Oc1ccc(-c2ccc(OC(=O)[C@H]3CC3(C)C)cc2)cc1. The lowest BCUT2D eigenvalue weighted by atomic mass is 10.1. The zero-order valence-corrected chi connectivity index (χ0v) is 19.0. The highest BCUT2D eigenvalue weighted by molar-refractivity contribution is 5.79. The normalized spacial score (nSPS) is 16.5. The van der Waals surface area contributed by atoms with E-state index in [0.717, 1.165) is 30.4 Å². The average molecular weight is 423 g/mol. The summed E-state index contributed by atoms with van der Waals surface area (Å²) in [6, 6.07) is 15.0. The van der Waals surface area contributed by atoms with Crippen molar-refractivity contribution in [2.45, 2.75) is 72.1 Å². The molecule has 0 unspecified atom stereocenters. The lowest BCUT2D eigenvalue weighted by Gasteiger charge is -2.08. The van der Waals surface area contributed by atoms with E-state index in [0.29, 0.717) is 17.9 Å². The van der Waals surface area contributed by atoms with Crippen LogP contribution in [0.3, 0.4) is 0 Å². The van der Waals surface area contributed by atoms with E-state index in [9.17, 15) is 9.59 Å². The maximum absolute atomic E-state index is 12.1. The summed E-state index contributed by atoms with van der Waals surface area (Å²) >= 11 is 0. The Morgan fingerprint density at radius 2 is 1.29 bits per heavy atom. The molecule has 2 aromatic carbocycles. The molecule has 31 heavy (non-hydrogen) atoms. The van der Waals surface area contributed by atoms with Gasteiger partial charge in [-0.1, -0.05) is 77.1 Å². The van der Waals surface area contributed by atoms with Gasteiger partial charge in [0.15, 0.2) is 0 Å². The molecule has 0 spiro atoms. The third-order valence-corrected chi connectivity index (χ3v) is 6.02. The molecule has 1 atom stereocenters. The predicted octanol–water partition coefficient (Wildman–Crippen LogP) is 6.96. The Morgan fingerprint density at radius 1 is 0.806 bits per heavy atom. The van der Waals surface area contributed by atoms with Gasteiger partial charge in [-0.05, 0) is 53.6 Å². The Hall–Kier alpha value is -2.62. The van der Waals surface area contributed by atoms with E-state index < -0.39 is 0 Å². The van der Waals surface area contributed by atoms with Crippen molar-refractivity contribution >= 4 is 11.9 Å². The summed E-state index contributed by atoms with van der Waals surface area (Å²) in [5, 5.41) is 0. The molecule has 4 heteroatoms. The molecule has 0 aliphatic heterocycles. The molecule has 4 nitrogen and oxygen atoms in total. The zero-order chi connectivity index (χ0) is 22.3. The number of unbranched alkanes of at least 4 members (excludes halogenated alkanes) is 5. The first-order valence-corrected chi connectivity index (χ1v) is 11.5. The Bertz CT molecular complexity index is 865. The second kappa shape index (κ2) is 10.6. The van der Waals surface area contributed by atoms with Crippen LogP contribution in [0.25, 0.3) is 11.1 Å². The number of hydrogen-bond donors (Lipinski definition) is 0. The Morgan fingerprint density at radius 3 is 1.81 bits per heavy atom. The van der Waals surface area contributed by atoms with Crippen LogP contribution >= 0.6 is 0 Å². The number of benzene rings is 2. The number of hydrogen-bond acceptors (Lipinski definition) is 4. The van der Waals surface area contributed by atoms with E-state index in [4.69, 9.17) is 9.47 Å². The van der Waals surface area contributed by atoms with Crippen LogP contribution in [-0.4, -0.2) is 11.9 Å². The fraction of sp³-hybridized carbons (Fsp3) is 0.481. The smallest absolute Gasteiger partial charge is 0.314 e. The number of esters is 2. The molecule has 0 amide bonds. The van der Waals surface area contributed by atoms with Crippen molar-refractivity contribution in [3.8, 4) is 22.6 Å². The molecule has 3 rings (SSSR count). The zero-order valence-electron chi connectivity index (χ0n) is 19.0. The van der Waals surface area contributed by atoms with Crippen molar-refractivity contribution < 1.29 is 19.1 Å². The van der Waals surface area contributed by atoms with Crippen LogP contribution in [-0.2, 0) is 9.59 Å². The van der Waals surface area contributed by atoms with E-state index in [1.165, 1.54) is 25.7 Å². The highest BCUT2D eigenvalue weighted by Crippen LogP contribution is 2.52. The third-order valence-electron chi connectivity index (χ3n) is 6.02. The fourth-order valence-electron chi connectivity index (χ4n) is 3.72. The molecule has 0 bridgehead atoms. The van der Waals surface area contributed by atoms with Gasteiger partial charge in [-0.25, -0.2) is 0 Å². The highest BCUT2D eigenvalue weighted by atomic mass is 16.5. The molecule has 0 saturated heterocycles. The summed E-state index contributed by atoms with van der Waals surface area (Å²) in [7, 11) is 0. The largest absolute Gasteiger partial charge is 0.427 e. The predicted molar refractivity (Wildman–Crippen MR) is 123 cm³/mol. The van der Waals surface area contributed by atoms with Gasteiger partial charge < -0.3 is 9.47 Å². The molecular weight excluding hydrogens is 388 g/mol. The van der Waals surface area contributed by atoms with Gasteiger partial charge in [0.1, 0.15) is 11.5 Å². The van der Waals surface area contributed by atoms with Gasteiger partial charge in [0.25, 0.3) is 0 Å². The quantitative estimate of drug-likeness (QED) is 0.223. The summed E-state index contributed by atoms with van der Waals surface area (Å²) in [4.78, 5) is 24.1. The van der Waals surface area contributed by atoms with E-state index in [1.807, 2.05) is 48.5 Å². The van der Waals surface area contributed by atoms with Crippen LogP contribution in [0, 0.1) is 11.3 Å². The van der Waals surface area contributed by atoms with E-state index in [-0.39, 0.29) is 23.3 Å². The Balaban J connectivity index is 1.45. The number of ether oxygens (including phenoxy) is 2. The number of rotatable bonds is 11. The first-order valence-electron chi connectivity index (χ1n) is 11.5. The minimum Gasteiger partial charge on any atom is -0.427 e. The van der Waals surface area contributed by atoms with Gasteiger partial charge in [-0.2, -0.15) is 0 Å². The van der Waals surface area contributed by atoms with Crippen molar-refractivity contribution in [1.82, 2.24) is 0 Å². The van der Waals surface area contributed by atoms with Gasteiger partial charge in [-0.15, -0.1) is 0 Å². The monoisotopic (exact) mass is 422 g/mol. The Kier molecular flexibility index (Phi) is 7.89. The van der Waals surface area contributed by atoms with E-state index in [1.54, 1.807) is 0 Å². The van der Waals surface area contributed by atoms with Crippen LogP contribution in [0.4, 0.5) is 0 Å². The van der Waals surface area contributed by atoms with E-state index in [2.05, 4.69) is 20.8 Å². The molecule has 2 aromatic rings. The molecule has 0 heterocycles. The van der Waals surface area contributed by atoms with Crippen molar-refractivity contribution in [1.29, 1.82) is 0 Å². The Labute approximate surface area is 186 Å². The second-order valence-corrected chi connectivity index (χ2v) is 9.21. The summed E-state index contributed by atoms with van der Waals surface area (Å²) in [6.07, 6.45) is 8.25. The fourth-order valence-corrected chi connectivity index (χ4v) is 3.72.